The van der Waals surface area contributed by atoms with Gasteiger partial charge in [0.2, 0.25) is 0 Å². The second-order valence-corrected chi connectivity index (χ2v) is 5.60. The van der Waals surface area contributed by atoms with E-state index in [0.29, 0.717) is 6.04 Å². The number of benzene rings is 1. The van der Waals surface area contributed by atoms with Gasteiger partial charge in [0.05, 0.1) is 6.10 Å². The molecule has 0 saturated carbocycles. The van der Waals surface area contributed by atoms with E-state index in [1.165, 1.54) is 6.42 Å². The molecule has 0 aliphatic carbocycles. The summed E-state index contributed by atoms with van der Waals surface area (Å²) in [5.74, 6) is 0. The highest BCUT2D eigenvalue weighted by molar-refractivity contribution is 5.17. The fourth-order valence-corrected chi connectivity index (χ4v) is 2.92. The maximum absolute atomic E-state index is 10.4. The standard InChI is InChI=1S/C16H26N2O/c1-3-15-12-17(2)10-7-11-18(15)13-16(19)14-8-5-4-6-9-14/h4-6,8-9,15-16,19H,3,7,10-13H2,1-2H3. The number of aliphatic hydroxyl groups is 1. The molecule has 0 bridgehead atoms. The van der Waals surface area contributed by atoms with Crippen molar-refractivity contribution in [3.8, 4) is 0 Å². The van der Waals surface area contributed by atoms with Gasteiger partial charge in [-0.2, -0.15) is 0 Å². The van der Waals surface area contributed by atoms with E-state index in [4.69, 9.17) is 0 Å². The Morgan fingerprint density at radius 1 is 1.26 bits per heavy atom. The molecule has 1 aliphatic heterocycles. The average molecular weight is 262 g/mol. The molecule has 3 nitrogen and oxygen atoms in total. The van der Waals surface area contributed by atoms with E-state index in [1.807, 2.05) is 30.3 Å². The zero-order valence-corrected chi connectivity index (χ0v) is 12.1. The fraction of sp³-hybridized carbons (Fsp3) is 0.625. The second kappa shape index (κ2) is 7.04. The second-order valence-electron chi connectivity index (χ2n) is 5.60. The number of aliphatic hydroxyl groups excluding tert-OH is 1. The number of hydrogen-bond acceptors (Lipinski definition) is 3. The summed E-state index contributed by atoms with van der Waals surface area (Å²) >= 11 is 0. The van der Waals surface area contributed by atoms with Crippen LogP contribution < -0.4 is 0 Å². The average Bonchev–Trinajstić information content (AvgIpc) is 2.61. The van der Waals surface area contributed by atoms with Crippen molar-refractivity contribution in [2.24, 2.45) is 0 Å². The molecule has 1 fully saturated rings. The van der Waals surface area contributed by atoms with Crippen molar-refractivity contribution in [1.82, 2.24) is 9.80 Å². The molecule has 2 rings (SSSR count). The van der Waals surface area contributed by atoms with Gasteiger partial charge in [-0.15, -0.1) is 0 Å². The summed E-state index contributed by atoms with van der Waals surface area (Å²) in [7, 11) is 2.19. The third kappa shape index (κ3) is 4.03. The van der Waals surface area contributed by atoms with Gasteiger partial charge in [0.15, 0.2) is 0 Å². The molecule has 1 aromatic rings. The van der Waals surface area contributed by atoms with Crippen molar-refractivity contribution >= 4 is 0 Å². The van der Waals surface area contributed by atoms with Crippen LogP contribution in [0.2, 0.25) is 0 Å². The molecule has 1 N–H and O–H groups in total. The van der Waals surface area contributed by atoms with Gasteiger partial charge in [-0.3, -0.25) is 4.90 Å². The molecule has 1 aliphatic rings. The first kappa shape index (κ1) is 14.5. The van der Waals surface area contributed by atoms with Gasteiger partial charge in [-0.25, -0.2) is 0 Å². The predicted molar refractivity (Wildman–Crippen MR) is 79.2 cm³/mol. The molecular weight excluding hydrogens is 236 g/mol. The van der Waals surface area contributed by atoms with E-state index in [9.17, 15) is 5.11 Å². The first-order chi connectivity index (χ1) is 9.20. The maximum Gasteiger partial charge on any atom is 0.0917 e. The summed E-state index contributed by atoms with van der Waals surface area (Å²) in [6, 6.07) is 10.6. The van der Waals surface area contributed by atoms with Crippen molar-refractivity contribution in [3.05, 3.63) is 35.9 Å². The van der Waals surface area contributed by atoms with Crippen LogP contribution >= 0.6 is 0 Å². The Balaban J connectivity index is 1.99. The normalized spacial score (nSPS) is 24.1. The Kier molecular flexibility index (Phi) is 5.37. The molecule has 2 atom stereocenters. The van der Waals surface area contributed by atoms with Crippen LogP contribution in [0.15, 0.2) is 30.3 Å². The topological polar surface area (TPSA) is 26.7 Å². The molecule has 0 spiro atoms. The summed E-state index contributed by atoms with van der Waals surface area (Å²) in [6.45, 7) is 6.35. The van der Waals surface area contributed by atoms with Crippen LogP contribution in [0.5, 0.6) is 0 Å². The molecule has 0 amide bonds. The van der Waals surface area contributed by atoms with Crippen LogP contribution in [0.3, 0.4) is 0 Å². The Morgan fingerprint density at radius 2 is 2.00 bits per heavy atom. The quantitative estimate of drug-likeness (QED) is 0.900. The minimum atomic E-state index is -0.376. The van der Waals surface area contributed by atoms with Gasteiger partial charge in [0.25, 0.3) is 0 Å². The zero-order valence-electron chi connectivity index (χ0n) is 12.1. The number of nitrogens with zero attached hydrogens (tertiary/aromatic N) is 2. The predicted octanol–water partition coefficient (Wildman–Crippen LogP) is 2.14. The summed E-state index contributed by atoms with van der Waals surface area (Å²) in [4.78, 5) is 4.87. The molecule has 2 unspecified atom stereocenters. The van der Waals surface area contributed by atoms with Crippen molar-refractivity contribution in [1.29, 1.82) is 0 Å². The van der Waals surface area contributed by atoms with Gasteiger partial charge in [-0.1, -0.05) is 37.3 Å². The Bertz CT molecular complexity index is 368. The van der Waals surface area contributed by atoms with E-state index in [0.717, 1.165) is 38.2 Å². The highest BCUT2D eigenvalue weighted by Crippen LogP contribution is 2.18. The minimum Gasteiger partial charge on any atom is -0.387 e. The first-order valence-electron chi connectivity index (χ1n) is 7.36. The van der Waals surface area contributed by atoms with Crippen LogP contribution in [0, 0.1) is 0 Å². The van der Waals surface area contributed by atoms with Crippen molar-refractivity contribution < 1.29 is 5.11 Å². The molecule has 106 valence electrons. The van der Waals surface area contributed by atoms with Crippen molar-refractivity contribution in [2.75, 3.05) is 33.2 Å². The van der Waals surface area contributed by atoms with Crippen molar-refractivity contribution in [3.63, 3.8) is 0 Å². The number of β-amino-alcohol motifs (C(OH)–C–C–N with tert-alkyl or cyclic N) is 1. The largest absolute Gasteiger partial charge is 0.387 e. The van der Waals surface area contributed by atoms with Gasteiger partial charge < -0.3 is 10.0 Å². The van der Waals surface area contributed by atoms with Crippen LogP contribution in [0.25, 0.3) is 0 Å². The van der Waals surface area contributed by atoms with Gasteiger partial charge >= 0.3 is 0 Å². The Hall–Kier alpha value is -0.900. The van der Waals surface area contributed by atoms with Gasteiger partial charge in [0.1, 0.15) is 0 Å². The summed E-state index contributed by atoms with van der Waals surface area (Å²) in [5, 5.41) is 10.4. The third-order valence-corrected chi connectivity index (χ3v) is 4.09. The first-order valence-corrected chi connectivity index (χ1v) is 7.36. The zero-order chi connectivity index (χ0) is 13.7. The van der Waals surface area contributed by atoms with E-state index < -0.39 is 0 Å². The number of hydrogen-bond donors (Lipinski definition) is 1. The molecule has 3 heteroatoms. The van der Waals surface area contributed by atoms with Crippen LogP contribution in [0.1, 0.15) is 31.4 Å². The Labute approximate surface area is 116 Å². The maximum atomic E-state index is 10.4. The lowest BCUT2D eigenvalue weighted by Gasteiger charge is -2.31. The third-order valence-electron chi connectivity index (χ3n) is 4.09. The molecule has 0 aromatic heterocycles. The van der Waals surface area contributed by atoms with Crippen molar-refractivity contribution in [2.45, 2.75) is 31.9 Å². The van der Waals surface area contributed by atoms with E-state index >= 15 is 0 Å². The number of likely N-dealkylation sites (N-methyl/N-ethyl adjacent to an activating group) is 1. The molecule has 0 radical (unpaired) electrons. The van der Waals surface area contributed by atoms with E-state index in [-0.39, 0.29) is 6.10 Å². The van der Waals surface area contributed by atoms with E-state index in [1.54, 1.807) is 0 Å². The minimum absolute atomic E-state index is 0.376. The number of rotatable bonds is 4. The van der Waals surface area contributed by atoms with Crippen LogP contribution in [-0.4, -0.2) is 54.2 Å². The van der Waals surface area contributed by atoms with E-state index in [2.05, 4.69) is 23.8 Å². The SMILES string of the molecule is CCC1CN(C)CCCN1CC(O)c1ccccc1. The molecule has 1 heterocycles. The fourth-order valence-electron chi connectivity index (χ4n) is 2.92. The summed E-state index contributed by atoms with van der Waals surface area (Å²) in [6.07, 6.45) is 1.96. The Morgan fingerprint density at radius 3 is 2.68 bits per heavy atom. The van der Waals surface area contributed by atoms with Crippen LogP contribution in [-0.2, 0) is 0 Å². The monoisotopic (exact) mass is 262 g/mol. The smallest absolute Gasteiger partial charge is 0.0917 e. The highest BCUT2D eigenvalue weighted by atomic mass is 16.3. The van der Waals surface area contributed by atoms with Crippen LogP contribution in [0.4, 0.5) is 0 Å². The summed E-state index contributed by atoms with van der Waals surface area (Å²) in [5.41, 5.74) is 1.02. The lowest BCUT2D eigenvalue weighted by molar-refractivity contribution is 0.0853. The molecular formula is C16H26N2O. The van der Waals surface area contributed by atoms with Gasteiger partial charge in [0, 0.05) is 19.1 Å². The molecule has 19 heavy (non-hydrogen) atoms. The highest BCUT2D eigenvalue weighted by Gasteiger charge is 2.24. The lowest BCUT2D eigenvalue weighted by atomic mass is 10.1. The summed E-state index contributed by atoms with van der Waals surface area (Å²) < 4.78 is 0. The molecule has 1 saturated heterocycles. The molecule has 1 aromatic carbocycles. The lowest BCUT2D eigenvalue weighted by Crippen LogP contribution is -2.41. The van der Waals surface area contributed by atoms with Gasteiger partial charge in [-0.05, 0) is 38.5 Å².